The fourth-order valence-electron chi connectivity index (χ4n) is 2.71. The van der Waals surface area contributed by atoms with E-state index in [9.17, 15) is 4.79 Å². The van der Waals surface area contributed by atoms with Crippen LogP contribution in [-0.4, -0.2) is 50.8 Å². The molecule has 0 N–H and O–H groups in total. The summed E-state index contributed by atoms with van der Waals surface area (Å²) in [5, 5.41) is 4.18. The minimum absolute atomic E-state index is 0.0237. The smallest absolute Gasteiger partial charge is 0.253 e. The number of ether oxygens (including phenoxy) is 1. The summed E-state index contributed by atoms with van der Waals surface area (Å²) in [6.45, 7) is 3.84. The van der Waals surface area contributed by atoms with Crippen molar-refractivity contribution in [1.29, 1.82) is 0 Å². The maximum absolute atomic E-state index is 12.9. The molecular weight excluding hydrogens is 330 g/mol. The molecule has 0 unspecified atom stereocenters. The first-order valence-electron chi connectivity index (χ1n) is 8.45. The van der Waals surface area contributed by atoms with Crippen LogP contribution in [0.1, 0.15) is 17.3 Å². The summed E-state index contributed by atoms with van der Waals surface area (Å²) in [5.41, 5.74) is 2.02. The average Bonchev–Trinajstić information content (AvgIpc) is 3.22. The van der Waals surface area contributed by atoms with Gasteiger partial charge in [-0.3, -0.25) is 9.48 Å². The first-order chi connectivity index (χ1) is 12.7. The van der Waals surface area contributed by atoms with Crippen molar-refractivity contribution >= 4 is 5.91 Å². The molecular formula is C19H21N5O2. The molecule has 2 aromatic heterocycles. The van der Waals surface area contributed by atoms with Gasteiger partial charge in [-0.2, -0.15) is 5.10 Å². The number of nitrogens with zero attached hydrogens (tertiary/aromatic N) is 5. The maximum atomic E-state index is 12.9. The third-order valence-corrected chi connectivity index (χ3v) is 4.07. The number of carbonyl (C=O) groups excluding carboxylic acids is 1. The molecule has 1 aromatic carbocycles. The molecule has 7 nitrogen and oxygen atoms in total. The van der Waals surface area contributed by atoms with E-state index in [4.69, 9.17) is 4.74 Å². The van der Waals surface area contributed by atoms with Gasteiger partial charge in [-0.25, -0.2) is 9.97 Å². The van der Waals surface area contributed by atoms with Crippen LogP contribution in [0.3, 0.4) is 0 Å². The zero-order valence-corrected chi connectivity index (χ0v) is 14.9. The third kappa shape index (κ3) is 3.88. The van der Waals surface area contributed by atoms with Crippen LogP contribution in [-0.2, 0) is 6.54 Å². The van der Waals surface area contributed by atoms with Crippen LogP contribution in [0.25, 0.3) is 11.3 Å². The van der Waals surface area contributed by atoms with E-state index in [0.717, 1.165) is 5.56 Å². The molecule has 0 aliphatic rings. The van der Waals surface area contributed by atoms with Gasteiger partial charge in [0, 0.05) is 49.0 Å². The molecule has 3 rings (SSSR count). The Bertz CT molecular complexity index is 864. The molecule has 134 valence electrons. The summed E-state index contributed by atoms with van der Waals surface area (Å²) in [6.07, 6.45) is 6.80. The highest BCUT2D eigenvalue weighted by molar-refractivity contribution is 5.95. The van der Waals surface area contributed by atoms with Crippen LogP contribution >= 0.6 is 0 Å². The van der Waals surface area contributed by atoms with E-state index in [1.165, 1.54) is 0 Å². The van der Waals surface area contributed by atoms with E-state index >= 15 is 0 Å². The predicted octanol–water partition coefficient (Wildman–Crippen LogP) is 2.51. The van der Waals surface area contributed by atoms with Crippen LogP contribution in [0.4, 0.5) is 0 Å². The second-order valence-corrected chi connectivity index (χ2v) is 5.65. The van der Waals surface area contributed by atoms with Crippen molar-refractivity contribution in [3.8, 4) is 17.1 Å². The summed E-state index contributed by atoms with van der Waals surface area (Å²) >= 11 is 0. The molecule has 0 atom stereocenters. The standard InChI is InChI=1S/C19H21N5O2/c1-3-23(12-13-24-11-5-8-22-24)19(25)16-7-4-6-15(14-16)17-18(26-2)21-10-9-20-17/h4-11,14H,3,12-13H2,1-2H3. The Morgan fingerprint density at radius 3 is 2.77 bits per heavy atom. The van der Waals surface area contributed by atoms with Gasteiger partial charge in [-0.05, 0) is 25.1 Å². The summed E-state index contributed by atoms with van der Waals surface area (Å²) in [5.74, 6) is 0.410. The van der Waals surface area contributed by atoms with Crippen LogP contribution < -0.4 is 4.74 Å². The zero-order chi connectivity index (χ0) is 18.4. The van der Waals surface area contributed by atoms with E-state index in [0.29, 0.717) is 36.8 Å². The molecule has 7 heteroatoms. The third-order valence-electron chi connectivity index (χ3n) is 4.07. The molecule has 3 aromatic rings. The molecule has 0 saturated carbocycles. The Balaban J connectivity index is 1.80. The molecule has 0 fully saturated rings. The lowest BCUT2D eigenvalue weighted by molar-refractivity contribution is 0.0757. The number of hydrogen-bond acceptors (Lipinski definition) is 5. The van der Waals surface area contributed by atoms with Crippen molar-refractivity contribution in [2.24, 2.45) is 0 Å². The normalized spacial score (nSPS) is 10.5. The van der Waals surface area contributed by atoms with Gasteiger partial charge in [0.15, 0.2) is 0 Å². The van der Waals surface area contributed by atoms with Crippen LogP contribution in [0.2, 0.25) is 0 Å². The Kier molecular flexibility index (Phi) is 5.58. The number of carbonyl (C=O) groups is 1. The van der Waals surface area contributed by atoms with E-state index in [1.54, 1.807) is 30.6 Å². The van der Waals surface area contributed by atoms with E-state index in [1.807, 2.05) is 48.1 Å². The number of rotatable bonds is 7. The lowest BCUT2D eigenvalue weighted by Crippen LogP contribution is -2.33. The second-order valence-electron chi connectivity index (χ2n) is 5.65. The van der Waals surface area contributed by atoms with Crippen molar-refractivity contribution < 1.29 is 9.53 Å². The summed E-state index contributed by atoms with van der Waals surface area (Å²) in [7, 11) is 1.55. The summed E-state index contributed by atoms with van der Waals surface area (Å²) < 4.78 is 7.09. The van der Waals surface area contributed by atoms with Gasteiger partial charge < -0.3 is 9.64 Å². The molecule has 0 radical (unpaired) electrons. The highest BCUT2D eigenvalue weighted by Crippen LogP contribution is 2.26. The SMILES string of the molecule is CCN(CCn1cccn1)C(=O)c1cccc(-c2nccnc2OC)c1. The molecule has 0 aliphatic heterocycles. The number of methoxy groups -OCH3 is 1. The van der Waals surface area contributed by atoms with Crippen LogP contribution in [0.5, 0.6) is 5.88 Å². The number of hydrogen-bond donors (Lipinski definition) is 0. The van der Waals surface area contributed by atoms with Gasteiger partial charge in [0.2, 0.25) is 5.88 Å². The van der Waals surface area contributed by atoms with E-state index in [-0.39, 0.29) is 5.91 Å². The van der Waals surface area contributed by atoms with Crippen molar-refractivity contribution in [2.45, 2.75) is 13.5 Å². The van der Waals surface area contributed by atoms with E-state index < -0.39 is 0 Å². The Morgan fingerprint density at radius 1 is 1.19 bits per heavy atom. The van der Waals surface area contributed by atoms with Gasteiger partial charge >= 0.3 is 0 Å². The Labute approximate surface area is 152 Å². The first kappa shape index (κ1) is 17.6. The molecule has 26 heavy (non-hydrogen) atoms. The molecule has 2 heterocycles. The molecule has 0 spiro atoms. The molecule has 0 saturated heterocycles. The van der Waals surface area contributed by atoms with Gasteiger partial charge in [0.1, 0.15) is 5.69 Å². The van der Waals surface area contributed by atoms with Gasteiger partial charge in [-0.1, -0.05) is 12.1 Å². The molecule has 0 aliphatic carbocycles. The number of aromatic nitrogens is 4. The number of amides is 1. The minimum atomic E-state index is -0.0237. The Hall–Kier alpha value is -3.22. The van der Waals surface area contributed by atoms with Gasteiger partial charge in [-0.15, -0.1) is 0 Å². The van der Waals surface area contributed by atoms with Crippen molar-refractivity contribution in [3.05, 3.63) is 60.7 Å². The topological polar surface area (TPSA) is 73.1 Å². The van der Waals surface area contributed by atoms with Crippen molar-refractivity contribution in [1.82, 2.24) is 24.6 Å². The minimum Gasteiger partial charge on any atom is -0.479 e. The lowest BCUT2D eigenvalue weighted by atomic mass is 10.1. The van der Waals surface area contributed by atoms with E-state index in [2.05, 4.69) is 15.1 Å². The second kappa shape index (κ2) is 8.24. The quantitative estimate of drug-likeness (QED) is 0.654. The monoisotopic (exact) mass is 351 g/mol. The number of benzene rings is 1. The number of likely N-dealkylation sites (N-methyl/N-ethyl adjacent to an activating group) is 1. The Morgan fingerprint density at radius 2 is 2.04 bits per heavy atom. The average molecular weight is 351 g/mol. The summed E-state index contributed by atoms with van der Waals surface area (Å²) in [6, 6.07) is 9.24. The fourth-order valence-corrected chi connectivity index (χ4v) is 2.71. The summed E-state index contributed by atoms with van der Waals surface area (Å²) in [4.78, 5) is 23.2. The molecule has 1 amide bonds. The predicted molar refractivity (Wildman–Crippen MR) is 97.8 cm³/mol. The van der Waals surface area contributed by atoms with Gasteiger partial charge in [0.25, 0.3) is 5.91 Å². The van der Waals surface area contributed by atoms with Crippen LogP contribution in [0, 0.1) is 0 Å². The maximum Gasteiger partial charge on any atom is 0.253 e. The lowest BCUT2D eigenvalue weighted by Gasteiger charge is -2.21. The highest BCUT2D eigenvalue weighted by atomic mass is 16.5. The highest BCUT2D eigenvalue weighted by Gasteiger charge is 2.16. The zero-order valence-electron chi connectivity index (χ0n) is 14.9. The first-order valence-corrected chi connectivity index (χ1v) is 8.45. The molecule has 0 bridgehead atoms. The van der Waals surface area contributed by atoms with Crippen molar-refractivity contribution in [3.63, 3.8) is 0 Å². The van der Waals surface area contributed by atoms with Crippen molar-refractivity contribution in [2.75, 3.05) is 20.2 Å². The van der Waals surface area contributed by atoms with Crippen LogP contribution in [0.15, 0.2) is 55.1 Å². The fraction of sp³-hybridized carbons (Fsp3) is 0.263. The van der Waals surface area contributed by atoms with Gasteiger partial charge in [0.05, 0.1) is 13.7 Å². The largest absolute Gasteiger partial charge is 0.479 e.